The summed E-state index contributed by atoms with van der Waals surface area (Å²) in [4.78, 5) is 27.8. The molecule has 1 aromatic rings. The van der Waals surface area contributed by atoms with Crippen LogP contribution in [0.15, 0.2) is 30.3 Å². The van der Waals surface area contributed by atoms with Crippen LogP contribution >= 0.6 is 0 Å². The second-order valence-electron chi connectivity index (χ2n) is 5.88. The van der Waals surface area contributed by atoms with Crippen molar-refractivity contribution in [3.63, 3.8) is 0 Å². The molecule has 0 aliphatic heterocycles. The molecule has 0 unspecified atom stereocenters. The Morgan fingerprint density at radius 3 is 2.29 bits per heavy atom. The molecule has 6 heteroatoms. The van der Waals surface area contributed by atoms with Crippen molar-refractivity contribution in [1.29, 1.82) is 0 Å². The van der Waals surface area contributed by atoms with Gasteiger partial charge in [0.05, 0.1) is 26.8 Å². The van der Waals surface area contributed by atoms with E-state index in [1.165, 1.54) is 7.11 Å². The molecule has 0 aliphatic rings. The summed E-state index contributed by atoms with van der Waals surface area (Å²) in [5.74, 6) is -0.382. The lowest BCUT2D eigenvalue weighted by molar-refractivity contribution is -0.143. The van der Waals surface area contributed by atoms with Crippen LogP contribution in [0.3, 0.4) is 0 Å². The molecule has 0 heterocycles. The van der Waals surface area contributed by atoms with Crippen molar-refractivity contribution in [3.05, 3.63) is 35.9 Å². The van der Waals surface area contributed by atoms with Crippen LogP contribution in [0.25, 0.3) is 0 Å². The molecule has 0 saturated carbocycles. The molecule has 1 amide bonds. The molecular formula is C18H28N2O4. The first-order valence-electron chi connectivity index (χ1n) is 8.09. The largest absolute Gasteiger partial charge is 0.468 e. The molecule has 6 nitrogen and oxygen atoms in total. The van der Waals surface area contributed by atoms with Gasteiger partial charge in [0.15, 0.2) is 0 Å². The Morgan fingerprint density at radius 1 is 1.08 bits per heavy atom. The van der Waals surface area contributed by atoms with Crippen LogP contribution in [-0.4, -0.2) is 68.2 Å². The van der Waals surface area contributed by atoms with Gasteiger partial charge in [-0.1, -0.05) is 30.3 Å². The predicted molar refractivity (Wildman–Crippen MR) is 92.5 cm³/mol. The van der Waals surface area contributed by atoms with Gasteiger partial charge in [-0.25, -0.2) is 0 Å². The van der Waals surface area contributed by atoms with Gasteiger partial charge in [0.2, 0.25) is 5.91 Å². The van der Waals surface area contributed by atoms with Crippen molar-refractivity contribution in [1.82, 2.24) is 9.80 Å². The van der Waals surface area contributed by atoms with Gasteiger partial charge in [0, 0.05) is 26.2 Å². The number of rotatable bonds is 10. The average molecular weight is 336 g/mol. The van der Waals surface area contributed by atoms with Crippen LogP contribution in [0.5, 0.6) is 0 Å². The third-order valence-corrected chi connectivity index (χ3v) is 3.69. The Morgan fingerprint density at radius 2 is 1.75 bits per heavy atom. The molecule has 0 spiro atoms. The van der Waals surface area contributed by atoms with E-state index in [9.17, 15) is 9.59 Å². The normalized spacial score (nSPS) is 10.9. The zero-order chi connectivity index (χ0) is 17.9. The molecule has 0 aliphatic carbocycles. The average Bonchev–Trinajstić information content (AvgIpc) is 2.57. The monoisotopic (exact) mass is 336 g/mol. The molecule has 0 bridgehead atoms. The van der Waals surface area contributed by atoms with Gasteiger partial charge in [0.1, 0.15) is 0 Å². The summed E-state index contributed by atoms with van der Waals surface area (Å²) in [5, 5.41) is 0. The van der Waals surface area contributed by atoms with E-state index in [0.29, 0.717) is 19.7 Å². The van der Waals surface area contributed by atoms with E-state index in [0.717, 1.165) is 5.56 Å². The van der Waals surface area contributed by atoms with E-state index in [1.807, 2.05) is 49.1 Å². The molecule has 0 atom stereocenters. The lowest BCUT2D eigenvalue weighted by atomic mass is 10.2. The quantitative estimate of drug-likeness (QED) is 0.607. The van der Waals surface area contributed by atoms with Crippen LogP contribution in [0.1, 0.15) is 19.4 Å². The van der Waals surface area contributed by atoms with Crippen molar-refractivity contribution >= 4 is 11.9 Å². The molecule has 134 valence electrons. The lowest BCUT2D eigenvalue weighted by Gasteiger charge is -2.30. The second-order valence-corrected chi connectivity index (χ2v) is 5.88. The van der Waals surface area contributed by atoms with E-state index in [4.69, 9.17) is 9.47 Å². The van der Waals surface area contributed by atoms with E-state index < -0.39 is 0 Å². The number of amides is 1. The van der Waals surface area contributed by atoms with Gasteiger partial charge in [-0.2, -0.15) is 0 Å². The van der Waals surface area contributed by atoms with Crippen molar-refractivity contribution in [2.45, 2.75) is 26.4 Å². The fourth-order valence-electron chi connectivity index (χ4n) is 2.30. The Hall–Kier alpha value is -1.92. The molecule has 0 aromatic heterocycles. The SMILES string of the molecule is COCCN(CC(=O)OC)CC(=O)N(Cc1ccccc1)C(C)C. The first-order chi connectivity index (χ1) is 11.5. The molecular weight excluding hydrogens is 308 g/mol. The standard InChI is InChI=1S/C18H28N2O4/c1-15(2)20(12-16-8-6-5-7-9-16)17(21)13-19(10-11-23-3)14-18(22)24-4/h5-9,15H,10-14H2,1-4H3. The minimum absolute atomic E-state index is 0.0196. The maximum atomic E-state index is 12.7. The third kappa shape index (κ3) is 7.10. The Balaban J connectivity index is 2.74. The van der Waals surface area contributed by atoms with Gasteiger partial charge >= 0.3 is 5.97 Å². The van der Waals surface area contributed by atoms with Gasteiger partial charge in [-0.3, -0.25) is 14.5 Å². The number of nitrogens with zero attached hydrogens (tertiary/aromatic N) is 2. The maximum absolute atomic E-state index is 12.7. The third-order valence-electron chi connectivity index (χ3n) is 3.69. The van der Waals surface area contributed by atoms with Crippen LogP contribution in [0.2, 0.25) is 0 Å². The molecule has 1 rings (SSSR count). The molecule has 0 radical (unpaired) electrons. The first-order valence-corrected chi connectivity index (χ1v) is 8.09. The summed E-state index contributed by atoms with van der Waals surface area (Å²) in [6.45, 7) is 5.69. The highest BCUT2D eigenvalue weighted by Crippen LogP contribution is 2.09. The van der Waals surface area contributed by atoms with Crippen molar-refractivity contribution in [2.75, 3.05) is 40.5 Å². The fraction of sp³-hybridized carbons (Fsp3) is 0.556. The van der Waals surface area contributed by atoms with Gasteiger partial charge in [-0.05, 0) is 19.4 Å². The number of methoxy groups -OCH3 is 2. The van der Waals surface area contributed by atoms with E-state index in [1.54, 1.807) is 12.0 Å². The molecule has 1 aromatic carbocycles. The fourth-order valence-corrected chi connectivity index (χ4v) is 2.30. The van der Waals surface area contributed by atoms with Gasteiger partial charge in [0.25, 0.3) is 0 Å². The minimum atomic E-state index is -0.363. The second kappa shape index (κ2) is 10.8. The Labute approximate surface area is 144 Å². The summed E-state index contributed by atoms with van der Waals surface area (Å²) in [6.07, 6.45) is 0. The number of hydrogen-bond acceptors (Lipinski definition) is 5. The van der Waals surface area contributed by atoms with Crippen LogP contribution in [-0.2, 0) is 25.6 Å². The number of esters is 1. The predicted octanol–water partition coefficient (Wildman–Crippen LogP) is 1.54. The van der Waals surface area contributed by atoms with Crippen molar-refractivity contribution in [3.8, 4) is 0 Å². The zero-order valence-corrected chi connectivity index (χ0v) is 15.0. The molecule has 0 fully saturated rings. The smallest absolute Gasteiger partial charge is 0.319 e. The highest BCUT2D eigenvalue weighted by Gasteiger charge is 2.21. The zero-order valence-electron chi connectivity index (χ0n) is 15.0. The summed E-state index contributed by atoms with van der Waals surface area (Å²) in [6, 6.07) is 9.94. The molecule has 0 N–H and O–H groups in total. The summed E-state index contributed by atoms with van der Waals surface area (Å²) in [7, 11) is 2.93. The Bertz CT molecular complexity index is 505. The summed E-state index contributed by atoms with van der Waals surface area (Å²) >= 11 is 0. The van der Waals surface area contributed by atoms with Crippen LogP contribution in [0.4, 0.5) is 0 Å². The van der Waals surface area contributed by atoms with Crippen molar-refractivity contribution < 1.29 is 19.1 Å². The number of ether oxygens (including phenoxy) is 2. The van der Waals surface area contributed by atoms with E-state index in [2.05, 4.69) is 0 Å². The summed E-state index contributed by atoms with van der Waals surface area (Å²) in [5.41, 5.74) is 1.08. The number of carbonyl (C=O) groups is 2. The van der Waals surface area contributed by atoms with Gasteiger partial charge < -0.3 is 14.4 Å². The van der Waals surface area contributed by atoms with E-state index in [-0.39, 0.29) is 31.0 Å². The summed E-state index contributed by atoms with van der Waals surface area (Å²) < 4.78 is 9.75. The molecule has 24 heavy (non-hydrogen) atoms. The number of carbonyl (C=O) groups excluding carboxylic acids is 2. The van der Waals surface area contributed by atoms with E-state index >= 15 is 0 Å². The first kappa shape index (κ1) is 20.1. The van der Waals surface area contributed by atoms with Gasteiger partial charge in [-0.15, -0.1) is 0 Å². The minimum Gasteiger partial charge on any atom is -0.468 e. The highest BCUT2D eigenvalue weighted by molar-refractivity contribution is 5.79. The number of benzene rings is 1. The number of hydrogen-bond donors (Lipinski definition) is 0. The topological polar surface area (TPSA) is 59.1 Å². The maximum Gasteiger partial charge on any atom is 0.319 e. The van der Waals surface area contributed by atoms with Crippen LogP contribution < -0.4 is 0 Å². The molecule has 0 saturated heterocycles. The van der Waals surface area contributed by atoms with Crippen molar-refractivity contribution in [2.24, 2.45) is 0 Å². The highest BCUT2D eigenvalue weighted by atomic mass is 16.5. The lowest BCUT2D eigenvalue weighted by Crippen LogP contribution is -2.45. The Kier molecular flexibility index (Phi) is 9.04. The van der Waals surface area contributed by atoms with Crippen LogP contribution in [0, 0.1) is 0 Å².